The highest BCUT2D eigenvalue weighted by atomic mass is 19.1. The molecule has 2 aromatic rings. The molecule has 5 nitrogen and oxygen atoms in total. The van der Waals surface area contributed by atoms with Crippen LogP contribution in [0, 0.1) is 5.82 Å². The van der Waals surface area contributed by atoms with Gasteiger partial charge in [0.2, 0.25) is 0 Å². The largest absolute Gasteiger partial charge is 0.496 e. The Hall–Kier alpha value is -2.60. The van der Waals surface area contributed by atoms with Gasteiger partial charge in [-0.25, -0.2) is 4.39 Å². The summed E-state index contributed by atoms with van der Waals surface area (Å²) >= 11 is 0. The van der Waals surface area contributed by atoms with Crippen LogP contribution >= 0.6 is 0 Å². The fourth-order valence-corrected chi connectivity index (χ4v) is 3.55. The van der Waals surface area contributed by atoms with Crippen molar-refractivity contribution < 1.29 is 23.4 Å². The van der Waals surface area contributed by atoms with E-state index in [0.717, 1.165) is 18.4 Å². The van der Waals surface area contributed by atoms with Crippen LogP contribution < -0.4 is 14.8 Å². The van der Waals surface area contributed by atoms with E-state index in [1.54, 1.807) is 30.3 Å². The third-order valence-corrected chi connectivity index (χ3v) is 5.15. The zero-order chi connectivity index (χ0) is 19.3. The van der Waals surface area contributed by atoms with E-state index in [9.17, 15) is 9.18 Å². The number of amides is 1. The molecular weight excluding hydrogens is 349 g/mol. The van der Waals surface area contributed by atoms with Crippen LogP contribution in [0.15, 0.2) is 42.5 Å². The zero-order valence-electron chi connectivity index (χ0n) is 15.6. The lowest BCUT2D eigenvalue weighted by Gasteiger charge is -2.38. The number of carbonyl (C=O) groups is 1. The maximum atomic E-state index is 13.4. The number of hydrogen-bond acceptors (Lipinski definition) is 4. The minimum atomic E-state index is -0.295. The Morgan fingerprint density at radius 2 is 1.67 bits per heavy atom. The molecule has 3 rings (SSSR count). The molecule has 27 heavy (non-hydrogen) atoms. The monoisotopic (exact) mass is 373 g/mol. The second-order valence-corrected chi connectivity index (χ2v) is 6.62. The standard InChI is InChI=1S/C21H24FNO4/c1-25-17-4-3-5-18(26-2)19(17)20(24)23-14-21(10-12-27-13-11-21)15-6-8-16(22)9-7-15/h3-9H,10-14H2,1-2H3,(H,23,24). The van der Waals surface area contributed by atoms with Crippen molar-refractivity contribution in [2.75, 3.05) is 34.0 Å². The maximum absolute atomic E-state index is 13.4. The number of nitrogens with one attached hydrogen (secondary N) is 1. The maximum Gasteiger partial charge on any atom is 0.258 e. The SMILES string of the molecule is COc1cccc(OC)c1C(=O)NCC1(c2ccc(F)cc2)CCOCC1. The Balaban J connectivity index is 1.84. The third-order valence-electron chi connectivity index (χ3n) is 5.15. The highest BCUT2D eigenvalue weighted by Crippen LogP contribution is 2.35. The molecule has 1 fully saturated rings. The zero-order valence-corrected chi connectivity index (χ0v) is 15.6. The van der Waals surface area contributed by atoms with Gasteiger partial charge >= 0.3 is 0 Å². The van der Waals surface area contributed by atoms with Crippen molar-refractivity contribution in [2.45, 2.75) is 18.3 Å². The number of halogens is 1. The van der Waals surface area contributed by atoms with Gasteiger partial charge in [0.1, 0.15) is 22.9 Å². The molecular formula is C21H24FNO4. The molecule has 0 radical (unpaired) electrons. The first-order valence-electron chi connectivity index (χ1n) is 8.92. The Kier molecular flexibility index (Phi) is 5.96. The number of ether oxygens (including phenoxy) is 3. The Labute approximate surface area is 158 Å². The molecule has 0 unspecified atom stereocenters. The highest BCUT2D eigenvalue weighted by molar-refractivity contribution is 5.99. The number of rotatable bonds is 6. The summed E-state index contributed by atoms with van der Waals surface area (Å²) < 4.78 is 29.5. The fourth-order valence-electron chi connectivity index (χ4n) is 3.55. The van der Waals surface area contributed by atoms with Gasteiger partial charge in [0.05, 0.1) is 14.2 Å². The quantitative estimate of drug-likeness (QED) is 0.844. The number of hydrogen-bond donors (Lipinski definition) is 1. The molecule has 0 aromatic heterocycles. The topological polar surface area (TPSA) is 56.8 Å². The number of benzene rings is 2. The molecule has 0 aliphatic carbocycles. The van der Waals surface area contributed by atoms with Crippen molar-refractivity contribution in [1.29, 1.82) is 0 Å². The van der Waals surface area contributed by atoms with Gasteiger partial charge in [0.25, 0.3) is 5.91 Å². The number of carbonyl (C=O) groups excluding carboxylic acids is 1. The van der Waals surface area contributed by atoms with Gasteiger partial charge in [0.15, 0.2) is 0 Å². The van der Waals surface area contributed by atoms with E-state index in [2.05, 4.69) is 5.32 Å². The normalized spacial score (nSPS) is 15.8. The minimum Gasteiger partial charge on any atom is -0.496 e. The van der Waals surface area contributed by atoms with E-state index in [-0.39, 0.29) is 17.1 Å². The van der Waals surface area contributed by atoms with Gasteiger partial charge in [-0.3, -0.25) is 4.79 Å². The molecule has 6 heteroatoms. The van der Waals surface area contributed by atoms with E-state index in [0.29, 0.717) is 36.8 Å². The van der Waals surface area contributed by atoms with E-state index < -0.39 is 0 Å². The van der Waals surface area contributed by atoms with Crippen molar-refractivity contribution >= 4 is 5.91 Å². The van der Waals surface area contributed by atoms with Crippen molar-refractivity contribution in [1.82, 2.24) is 5.32 Å². The molecule has 0 atom stereocenters. The van der Waals surface area contributed by atoms with Crippen LogP contribution in [0.1, 0.15) is 28.8 Å². The Morgan fingerprint density at radius 1 is 1.07 bits per heavy atom. The lowest BCUT2D eigenvalue weighted by molar-refractivity contribution is 0.0486. The van der Waals surface area contributed by atoms with Crippen molar-refractivity contribution in [3.8, 4) is 11.5 Å². The van der Waals surface area contributed by atoms with Crippen molar-refractivity contribution in [2.24, 2.45) is 0 Å². The molecule has 1 amide bonds. The van der Waals surface area contributed by atoms with Crippen LogP contribution in [0.25, 0.3) is 0 Å². The van der Waals surface area contributed by atoms with Gasteiger partial charge in [-0.2, -0.15) is 0 Å². The van der Waals surface area contributed by atoms with Gasteiger partial charge in [-0.15, -0.1) is 0 Å². The number of methoxy groups -OCH3 is 2. The van der Waals surface area contributed by atoms with E-state index in [1.807, 2.05) is 0 Å². The Morgan fingerprint density at radius 3 is 2.22 bits per heavy atom. The predicted molar refractivity (Wildman–Crippen MR) is 100 cm³/mol. The summed E-state index contributed by atoms with van der Waals surface area (Å²) in [7, 11) is 3.04. The van der Waals surface area contributed by atoms with E-state index in [1.165, 1.54) is 26.4 Å². The summed E-state index contributed by atoms with van der Waals surface area (Å²) in [5.41, 5.74) is 1.07. The molecule has 0 saturated carbocycles. The van der Waals surface area contributed by atoms with Gasteiger partial charge in [0, 0.05) is 25.2 Å². The van der Waals surface area contributed by atoms with Crippen LogP contribution in [0.3, 0.4) is 0 Å². The highest BCUT2D eigenvalue weighted by Gasteiger charge is 2.35. The summed E-state index contributed by atoms with van der Waals surface area (Å²) in [4.78, 5) is 12.9. The van der Waals surface area contributed by atoms with Crippen LogP contribution in [-0.4, -0.2) is 39.9 Å². The minimum absolute atomic E-state index is 0.266. The second-order valence-electron chi connectivity index (χ2n) is 6.62. The molecule has 0 bridgehead atoms. The first-order valence-corrected chi connectivity index (χ1v) is 8.92. The molecule has 144 valence electrons. The molecule has 1 saturated heterocycles. The van der Waals surface area contributed by atoms with Crippen LogP contribution in [-0.2, 0) is 10.2 Å². The lowest BCUT2D eigenvalue weighted by Crippen LogP contribution is -2.44. The lowest BCUT2D eigenvalue weighted by atomic mass is 9.74. The molecule has 2 aromatic carbocycles. The molecule has 1 aliphatic rings. The van der Waals surface area contributed by atoms with Crippen molar-refractivity contribution in [3.05, 3.63) is 59.4 Å². The fraction of sp³-hybridized carbons (Fsp3) is 0.381. The van der Waals surface area contributed by atoms with Gasteiger partial charge in [-0.1, -0.05) is 18.2 Å². The molecule has 0 spiro atoms. The smallest absolute Gasteiger partial charge is 0.258 e. The summed E-state index contributed by atoms with van der Waals surface area (Å²) in [6, 6.07) is 11.7. The van der Waals surface area contributed by atoms with E-state index >= 15 is 0 Å². The molecule has 1 N–H and O–H groups in total. The van der Waals surface area contributed by atoms with Crippen LogP contribution in [0.2, 0.25) is 0 Å². The summed E-state index contributed by atoms with van der Waals surface area (Å²) in [6.07, 6.45) is 1.50. The van der Waals surface area contributed by atoms with Crippen LogP contribution in [0.5, 0.6) is 11.5 Å². The Bertz CT molecular complexity index is 763. The van der Waals surface area contributed by atoms with Gasteiger partial charge < -0.3 is 19.5 Å². The summed E-state index contributed by atoms with van der Waals surface area (Å²) in [5, 5.41) is 3.02. The first-order chi connectivity index (χ1) is 13.1. The van der Waals surface area contributed by atoms with Crippen molar-refractivity contribution in [3.63, 3.8) is 0 Å². The van der Waals surface area contributed by atoms with E-state index in [4.69, 9.17) is 14.2 Å². The molecule has 1 aliphatic heterocycles. The second kappa shape index (κ2) is 8.39. The molecule has 1 heterocycles. The average Bonchev–Trinajstić information content (AvgIpc) is 2.72. The summed E-state index contributed by atoms with van der Waals surface area (Å²) in [5.74, 6) is 0.366. The van der Waals surface area contributed by atoms with Crippen LogP contribution in [0.4, 0.5) is 4.39 Å². The first kappa shape index (κ1) is 19.2. The van der Waals surface area contributed by atoms with Gasteiger partial charge in [-0.05, 0) is 42.7 Å². The predicted octanol–water partition coefficient (Wildman–Crippen LogP) is 3.32. The summed E-state index contributed by atoms with van der Waals surface area (Å²) in [6.45, 7) is 1.62. The third kappa shape index (κ3) is 4.06. The average molecular weight is 373 g/mol.